The second-order valence-corrected chi connectivity index (χ2v) is 7.25. The van der Waals surface area contributed by atoms with Crippen molar-refractivity contribution in [1.29, 1.82) is 0 Å². The number of amides is 1. The van der Waals surface area contributed by atoms with Crippen molar-refractivity contribution >= 4 is 28.2 Å². The number of fused-ring (bicyclic) bond motifs is 1. The van der Waals surface area contributed by atoms with Gasteiger partial charge >= 0.3 is 0 Å². The summed E-state index contributed by atoms with van der Waals surface area (Å²) in [5, 5.41) is 4.69. The third-order valence-corrected chi connectivity index (χ3v) is 5.23. The zero-order valence-corrected chi connectivity index (χ0v) is 16.5. The monoisotopic (exact) mass is 382 g/mol. The largest absolute Gasteiger partial charge is 0.340 e. The van der Waals surface area contributed by atoms with Gasteiger partial charge in [0.15, 0.2) is 0 Å². The predicted octanol–water partition coefficient (Wildman–Crippen LogP) is 5.13. The Labute approximate surface area is 169 Å². The van der Waals surface area contributed by atoms with E-state index in [9.17, 15) is 9.59 Å². The molecule has 29 heavy (non-hydrogen) atoms. The van der Waals surface area contributed by atoms with E-state index in [2.05, 4.69) is 31.3 Å². The normalized spacial score (nSPS) is 10.8. The van der Waals surface area contributed by atoms with Crippen LogP contribution in [0.5, 0.6) is 0 Å². The molecule has 4 heteroatoms. The summed E-state index contributed by atoms with van der Waals surface area (Å²) in [4.78, 5) is 25.5. The maximum absolute atomic E-state index is 12.8. The third kappa shape index (κ3) is 3.83. The van der Waals surface area contributed by atoms with Gasteiger partial charge in [-0.3, -0.25) is 9.59 Å². The number of nitrogens with zero attached hydrogens (tertiary/aromatic N) is 1. The molecule has 3 aromatic carbocycles. The number of Topliss-reactive ketones (excluding diaryl/α,β-unsaturated/α-hetero) is 1. The minimum atomic E-state index is -0.638. The highest BCUT2D eigenvalue weighted by molar-refractivity contribution is 6.46. The van der Waals surface area contributed by atoms with Crippen molar-refractivity contribution in [2.45, 2.75) is 20.4 Å². The van der Waals surface area contributed by atoms with E-state index in [0.29, 0.717) is 17.9 Å². The quantitative estimate of drug-likeness (QED) is 0.384. The fourth-order valence-electron chi connectivity index (χ4n) is 3.49. The molecular formula is C25H22N2O2. The lowest BCUT2D eigenvalue weighted by atomic mass is 10.1. The average molecular weight is 382 g/mol. The Morgan fingerprint density at radius 3 is 2.48 bits per heavy atom. The number of anilines is 1. The van der Waals surface area contributed by atoms with Crippen LogP contribution in [0, 0.1) is 13.8 Å². The Kier molecular flexibility index (Phi) is 5.00. The zero-order valence-electron chi connectivity index (χ0n) is 16.5. The van der Waals surface area contributed by atoms with Gasteiger partial charge in [-0.05, 0) is 54.1 Å². The van der Waals surface area contributed by atoms with Crippen LogP contribution in [0.15, 0.2) is 79.0 Å². The minimum absolute atomic E-state index is 0.376. The lowest BCUT2D eigenvalue weighted by molar-refractivity contribution is -0.112. The lowest BCUT2D eigenvalue weighted by Gasteiger charge is -2.11. The van der Waals surface area contributed by atoms with Crippen molar-refractivity contribution in [3.63, 3.8) is 0 Å². The molecule has 0 unspecified atom stereocenters. The number of aryl methyl sites for hydroxylation is 2. The van der Waals surface area contributed by atoms with E-state index in [1.165, 1.54) is 11.1 Å². The zero-order chi connectivity index (χ0) is 20.4. The first-order chi connectivity index (χ1) is 14.0. The van der Waals surface area contributed by atoms with Crippen LogP contribution < -0.4 is 5.32 Å². The highest BCUT2D eigenvalue weighted by atomic mass is 16.2. The van der Waals surface area contributed by atoms with Crippen molar-refractivity contribution in [2.24, 2.45) is 0 Å². The Balaban J connectivity index is 1.56. The number of hydrogen-bond donors (Lipinski definition) is 1. The molecule has 1 aromatic heterocycles. The topological polar surface area (TPSA) is 51.1 Å². The van der Waals surface area contributed by atoms with Crippen molar-refractivity contribution in [3.05, 3.63) is 101 Å². The van der Waals surface area contributed by atoms with Gasteiger partial charge in [0.1, 0.15) is 0 Å². The van der Waals surface area contributed by atoms with Crippen LogP contribution in [-0.4, -0.2) is 16.3 Å². The summed E-state index contributed by atoms with van der Waals surface area (Å²) in [6.07, 6.45) is 1.83. The van der Waals surface area contributed by atoms with Crippen LogP contribution >= 0.6 is 0 Å². The highest BCUT2D eigenvalue weighted by Gasteiger charge is 2.20. The van der Waals surface area contributed by atoms with Gasteiger partial charge in [-0.25, -0.2) is 0 Å². The molecule has 4 nitrogen and oxygen atoms in total. The number of nitrogens with one attached hydrogen (secondary N) is 1. The summed E-state index contributed by atoms with van der Waals surface area (Å²) in [7, 11) is 0. The molecule has 0 fully saturated rings. The maximum Gasteiger partial charge on any atom is 0.298 e. The number of hydrogen-bond acceptors (Lipinski definition) is 2. The van der Waals surface area contributed by atoms with Gasteiger partial charge in [0.2, 0.25) is 0 Å². The van der Waals surface area contributed by atoms with E-state index in [4.69, 9.17) is 0 Å². The molecule has 1 heterocycles. The molecule has 0 bridgehead atoms. The van der Waals surface area contributed by atoms with E-state index >= 15 is 0 Å². The second-order valence-electron chi connectivity index (χ2n) is 7.25. The number of ketones is 1. The second kappa shape index (κ2) is 7.76. The molecule has 144 valence electrons. The molecule has 0 saturated heterocycles. The Morgan fingerprint density at radius 2 is 1.66 bits per heavy atom. The Hall–Kier alpha value is -3.66. The molecule has 0 aliphatic carbocycles. The SMILES string of the molecule is Cc1ccc(Cn2cccc2C(=O)C(=O)Nc2cccc3ccccc23)cc1C. The number of carbonyl (C=O) groups is 2. The summed E-state index contributed by atoms with van der Waals surface area (Å²) < 4.78 is 1.81. The molecule has 1 N–H and O–H groups in total. The highest BCUT2D eigenvalue weighted by Crippen LogP contribution is 2.23. The molecule has 0 aliphatic heterocycles. The first-order valence-corrected chi connectivity index (χ1v) is 9.57. The van der Waals surface area contributed by atoms with Crippen LogP contribution in [0.1, 0.15) is 27.2 Å². The number of benzene rings is 3. The van der Waals surface area contributed by atoms with E-state index < -0.39 is 11.7 Å². The molecule has 0 atom stereocenters. The molecule has 0 radical (unpaired) electrons. The van der Waals surface area contributed by atoms with Crippen molar-refractivity contribution in [2.75, 3.05) is 5.32 Å². The number of carbonyl (C=O) groups excluding carboxylic acids is 2. The van der Waals surface area contributed by atoms with Gasteiger partial charge in [-0.15, -0.1) is 0 Å². The van der Waals surface area contributed by atoms with Gasteiger partial charge in [-0.2, -0.15) is 0 Å². The van der Waals surface area contributed by atoms with Crippen LogP contribution in [0.3, 0.4) is 0 Å². The first-order valence-electron chi connectivity index (χ1n) is 9.57. The molecule has 1 amide bonds. The van der Waals surface area contributed by atoms with E-state index in [0.717, 1.165) is 16.3 Å². The van der Waals surface area contributed by atoms with Crippen LogP contribution in [0.25, 0.3) is 10.8 Å². The number of rotatable bonds is 5. The summed E-state index contributed by atoms with van der Waals surface area (Å²) in [5.41, 5.74) is 4.53. The fourth-order valence-corrected chi connectivity index (χ4v) is 3.49. The van der Waals surface area contributed by atoms with Crippen molar-refractivity contribution < 1.29 is 9.59 Å². The summed E-state index contributed by atoms with van der Waals surface area (Å²) in [6.45, 7) is 4.68. The van der Waals surface area contributed by atoms with Crippen LogP contribution in [0.4, 0.5) is 5.69 Å². The Bertz CT molecular complexity index is 1220. The van der Waals surface area contributed by atoms with Crippen molar-refractivity contribution in [1.82, 2.24) is 4.57 Å². The predicted molar refractivity (Wildman–Crippen MR) is 116 cm³/mol. The number of aromatic nitrogens is 1. The molecule has 4 rings (SSSR count). The fraction of sp³-hybridized carbons (Fsp3) is 0.120. The van der Waals surface area contributed by atoms with E-state index in [1.807, 2.05) is 59.3 Å². The maximum atomic E-state index is 12.8. The smallest absolute Gasteiger partial charge is 0.298 e. The van der Waals surface area contributed by atoms with Gasteiger partial charge in [0.25, 0.3) is 11.7 Å². The summed E-state index contributed by atoms with van der Waals surface area (Å²) in [5.74, 6) is -1.19. The van der Waals surface area contributed by atoms with E-state index in [-0.39, 0.29) is 0 Å². The van der Waals surface area contributed by atoms with Gasteiger partial charge in [0, 0.05) is 23.8 Å². The molecular weight excluding hydrogens is 360 g/mol. The van der Waals surface area contributed by atoms with Crippen LogP contribution in [0.2, 0.25) is 0 Å². The Morgan fingerprint density at radius 1 is 0.862 bits per heavy atom. The van der Waals surface area contributed by atoms with Crippen molar-refractivity contribution in [3.8, 4) is 0 Å². The third-order valence-electron chi connectivity index (χ3n) is 5.23. The summed E-state index contributed by atoms with van der Waals surface area (Å²) in [6, 6.07) is 23.1. The summed E-state index contributed by atoms with van der Waals surface area (Å²) >= 11 is 0. The van der Waals surface area contributed by atoms with Crippen LogP contribution in [-0.2, 0) is 11.3 Å². The molecule has 0 spiro atoms. The lowest BCUT2D eigenvalue weighted by Crippen LogP contribution is -2.25. The van der Waals surface area contributed by atoms with Gasteiger partial charge in [-0.1, -0.05) is 54.6 Å². The van der Waals surface area contributed by atoms with Gasteiger partial charge < -0.3 is 9.88 Å². The average Bonchev–Trinajstić information content (AvgIpc) is 3.18. The molecule has 0 saturated carbocycles. The molecule has 4 aromatic rings. The van der Waals surface area contributed by atoms with E-state index in [1.54, 1.807) is 12.1 Å². The minimum Gasteiger partial charge on any atom is -0.340 e. The first kappa shape index (κ1) is 18.7. The molecule has 0 aliphatic rings. The standard InChI is InChI=1S/C25H22N2O2/c1-17-12-13-19(15-18(17)2)16-27-14-6-11-23(27)24(28)25(29)26-22-10-5-8-20-7-3-4-9-21(20)22/h3-15H,16H2,1-2H3,(H,26,29). The van der Waals surface area contributed by atoms with Gasteiger partial charge in [0.05, 0.1) is 5.69 Å².